The summed E-state index contributed by atoms with van der Waals surface area (Å²) < 4.78 is 29.9. The third kappa shape index (κ3) is 4.33. The first-order chi connectivity index (χ1) is 10.8. The van der Waals surface area contributed by atoms with E-state index in [-0.39, 0.29) is 18.5 Å². The van der Waals surface area contributed by atoms with E-state index in [0.29, 0.717) is 6.42 Å². The maximum absolute atomic E-state index is 12.4. The van der Waals surface area contributed by atoms with Crippen LogP contribution in [0.15, 0.2) is 36.4 Å². The smallest absolute Gasteiger partial charge is 0.242 e. The second-order valence-corrected chi connectivity index (χ2v) is 7.57. The minimum atomic E-state index is -3.41. The van der Waals surface area contributed by atoms with Crippen LogP contribution < -0.4 is 10.1 Å². The molecule has 1 aromatic carbocycles. The van der Waals surface area contributed by atoms with Crippen LogP contribution in [0.3, 0.4) is 0 Å². The zero-order valence-electron chi connectivity index (χ0n) is 13.5. The monoisotopic (exact) mass is 338 g/mol. The Kier molecular flexibility index (Phi) is 5.43. The van der Waals surface area contributed by atoms with Crippen LogP contribution in [0.25, 0.3) is 0 Å². The molecule has 1 heterocycles. The molecule has 126 valence electrons. The first-order valence-corrected chi connectivity index (χ1v) is 9.23. The molecule has 1 aliphatic heterocycles. The van der Waals surface area contributed by atoms with Crippen LogP contribution in [0.4, 0.5) is 0 Å². The summed E-state index contributed by atoms with van der Waals surface area (Å²) in [6, 6.07) is 6.70. The Balaban J connectivity index is 2.01. The molecule has 0 spiro atoms. The lowest BCUT2D eigenvalue weighted by Gasteiger charge is -2.23. The Morgan fingerprint density at radius 3 is 2.78 bits per heavy atom. The van der Waals surface area contributed by atoms with Gasteiger partial charge in [0.05, 0.1) is 13.4 Å². The highest BCUT2D eigenvalue weighted by Gasteiger charge is 2.33. The summed E-state index contributed by atoms with van der Waals surface area (Å²) in [5, 5.41) is 2.87. The van der Waals surface area contributed by atoms with Gasteiger partial charge in [0, 0.05) is 12.6 Å². The number of hydrogen-bond acceptors (Lipinski definition) is 4. The van der Waals surface area contributed by atoms with Crippen molar-refractivity contribution < 1.29 is 17.9 Å². The third-order valence-corrected chi connectivity index (χ3v) is 4.94. The van der Waals surface area contributed by atoms with E-state index in [1.54, 1.807) is 19.3 Å². The van der Waals surface area contributed by atoms with E-state index in [2.05, 4.69) is 5.32 Å². The first-order valence-electron chi connectivity index (χ1n) is 7.38. The summed E-state index contributed by atoms with van der Waals surface area (Å²) in [5.74, 6) is 0.457. The van der Waals surface area contributed by atoms with Gasteiger partial charge in [-0.1, -0.05) is 30.4 Å². The highest BCUT2D eigenvalue weighted by atomic mass is 32.2. The van der Waals surface area contributed by atoms with Crippen molar-refractivity contribution >= 4 is 15.9 Å². The average molecular weight is 338 g/mol. The molecule has 23 heavy (non-hydrogen) atoms. The van der Waals surface area contributed by atoms with Crippen molar-refractivity contribution in [2.75, 3.05) is 19.9 Å². The van der Waals surface area contributed by atoms with Crippen LogP contribution in [0.5, 0.6) is 5.75 Å². The number of ether oxygens (including phenoxy) is 1. The number of rotatable bonds is 6. The second kappa shape index (κ2) is 7.14. The largest absolute Gasteiger partial charge is 0.496 e. The van der Waals surface area contributed by atoms with Crippen molar-refractivity contribution in [3.8, 4) is 5.75 Å². The molecule has 1 aliphatic rings. The van der Waals surface area contributed by atoms with E-state index in [1.165, 1.54) is 4.31 Å². The summed E-state index contributed by atoms with van der Waals surface area (Å²) in [6.45, 7) is 2.12. The number of carbonyl (C=O) groups excluding carboxylic acids is 1. The zero-order valence-corrected chi connectivity index (χ0v) is 14.3. The summed E-state index contributed by atoms with van der Waals surface area (Å²) >= 11 is 0. The van der Waals surface area contributed by atoms with Crippen molar-refractivity contribution in [3.05, 3.63) is 42.0 Å². The van der Waals surface area contributed by atoms with Crippen LogP contribution in [0.2, 0.25) is 0 Å². The van der Waals surface area contributed by atoms with Crippen molar-refractivity contribution in [3.63, 3.8) is 0 Å². The van der Waals surface area contributed by atoms with Gasteiger partial charge in [-0.3, -0.25) is 4.79 Å². The summed E-state index contributed by atoms with van der Waals surface area (Å²) in [4.78, 5) is 12.4. The number of amides is 1. The Morgan fingerprint density at radius 2 is 2.13 bits per heavy atom. The maximum atomic E-state index is 12.4. The van der Waals surface area contributed by atoms with Gasteiger partial charge in [-0.2, -0.15) is 4.31 Å². The summed E-state index contributed by atoms with van der Waals surface area (Å²) in [6.07, 6.45) is 5.02. The van der Waals surface area contributed by atoms with E-state index in [4.69, 9.17) is 4.74 Å². The molecular weight excluding hydrogens is 316 g/mol. The molecule has 7 heteroatoms. The number of nitrogens with one attached hydrogen (secondary N) is 1. The SMILES string of the molecule is COc1ccccc1CC(C)NC(=O)C1C=CCN1S(C)(=O)=O. The molecule has 2 rings (SSSR count). The minimum absolute atomic E-state index is 0.144. The van der Waals surface area contributed by atoms with Crippen LogP contribution in [-0.2, 0) is 21.2 Å². The quantitative estimate of drug-likeness (QED) is 0.784. The zero-order chi connectivity index (χ0) is 17.0. The highest BCUT2D eigenvalue weighted by molar-refractivity contribution is 7.88. The summed E-state index contributed by atoms with van der Waals surface area (Å²) in [5.41, 5.74) is 0.990. The molecule has 0 saturated heterocycles. The van der Waals surface area contributed by atoms with Gasteiger partial charge in [0.2, 0.25) is 15.9 Å². The Hall–Kier alpha value is -1.86. The molecule has 0 aliphatic carbocycles. The normalized spacial score (nSPS) is 19.5. The van der Waals surface area contributed by atoms with Gasteiger partial charge >= 0.3 is 0 Å². The van der Waals surface area contributed by atoms with Crippen molar-refractivity contribution in [1.29, 1.82) is 0 Å². The van der Waals surface area contributed by atoms with Gasteiger partial charge in [0.1, 0.15) is 11.8 Å². The fraction of sp³-hybridized carbons (Fsp3) is 0.438. The standard InChI is InChI=1S/C16H22N2O4S/c1-12(11-13-7-4-5-9-15(13)22-2)17-16(19)14-8-6-10-18(14)23(3,20)21/h4-9,12,14H,10-11H2,1-3H3,(H,17,19). The van der Waals surface area contributed by atoms with Crippen molar-refractivity contribution in [2.45, 2.75) is 25.4 Å². The lowest BCUT2D eigenvalue weighted by atomic mass is 10.1. The molecule has 2 atom stereocenters. The number of carbonyl (C=O) groups is 1. The first kappa shape index (κ1) is 17.5. The van der Waals surface area contributed by atoms with Gasteiger partial charge < -0.3 is 10.1 Å². The number of sulfonamides is 1. The molecule has 0 fully saturated rings. The van der Waals surface area contributed by atoms with Gasteiger partial charge in [0.15, 0.2) is 0 Å². The molecule has 2 unspecified atom stereocenters. The number of benzene rings is 1. The van der Waals surface area contributed by atoms with Gasteiger partial charge in [-0.25, -0.2) is 8.42 Å². The Labute approximate surface area is 137 Å². The molecule has 0 aromatic heterocycles. The minimum Gasteiger partial charge on any atom is -0.496 e. The lowest BCUT2D eigenvalue weighted by Crippen LogP contribution is -2.48. The fourth-order valence-electron chi connectivity index (χ4n) is 2.64. The molecule has 6 nitrogen and oxygen atoms in total. The lowest BCUT2D eigenvalue weighted by molar-refractivity contribution is -0.123. The third-order valence-electron chi connectivity index (χ3n) is 3.72. The number of para-hydroxylation sites is 1. The van der Waals surface area contributed by atoms with E-state index < -0.39 is 16.1 Å². The van der Waals surface area contributed by atoms with Crippen molar-refractivity contribution in [2.24, 2.45) is 0 Å². The molecule has 1 amide bonds. The van der Waals surface area contributed by atoms with Gasteiger partial charge in [0.25, 0.3) is 0 Å². The molecular formula is C16H22N2O4S. The predicted molar refractivity (Wildman–Crippen MR) is 88.8 cm³/mol. The van der Waals surface area contributed by atoms with Gasteiger partial charge in [-0.05, 0) is 25.0 Å². The highest BCUT2D eigenvalue weighted by Crippen LogP contribution is 2.19. The Bertz CT molecular complexity index is 700. The fourth-order valence-corrected chi connectivity index (χ4v) is 3.58. The van der Waals surface area contributed by atoms with E-state index in [1.807, 2.05) is 31.2 Å². The molecule has 0 bridgehead atoms. The molecule has 1 N–H and O–H groups in total. The van der Waals surface area contributed by atoms with Crippen LogP contribution >= 0.6 is 0 Å². The number of nitrogens with zero attached hydrogens (tertiary/aromatic N) is 1. The van der Waals surface area contributed by atoms with Crippen LogP contribution in [-0.4, -0.2) is 50.6 Å². The van der Waals surface area contributed by atoms with Crippen LogP contribution in [0, 0.1) is 0 Å². The maximum Gasteiger partial charge on any atom is 0.242 e. The van der Waals surface area contributed by atoms with Crippen LogP contribution in [0.1, 0.15) is 12.5 Å². The molecule has 1 aromatic rings. The van der Waals surface area contributed by atoms with Crippen molar-refractivity contribution in [1.82, 2.24) is 9.62 Å². The second-order valence-electron chi connectivity index (χ2n) is 5.63. The summed E-state index contributed by atoms with van der Waals surface area (Å²) in [7, 11) is -1.81. The van der Waals surface area contributed by atoms with E-state index >= 15 is 0 Å². The number of hydrogen-bond donors (Lipinski definition) is 1. The van der Waals surface area contributed by atoms with E-state index in [0.717, 1.165) is 17.6 Å². The Morgan fingerprint density at radius 1 is 1.43 bits per heavy atom. The predicted octanol–water partition coefficient (Wildman–Crippen LogP) is 0.942. The molecule has 0 radical (unpaired) electrons. The topological polar surface area (TPSA) is 75.7 Å². The molecule has 0 saturated carbocycles. The average Bonchev–Trinajstić information content (AvgIpc) is 2.97. The number of methoxy groups -OCH3 is 1. The van der Waals surface area contributed by atoms with Gasteiger partial charge in [-0.15, -0.1) is 0 Å². The van der Waals surface area contributed by atoms with E-state index in [9.17, 15) is 13.2 Å².